The van der Waals surface area contributed by atoms with Gasteiger partial charge in [-0.2, -0.15) is 13.2 Å². The molecule has 0 amide bonds. The lowest BCUT2D eigenvalue weighted by Gasteiger charge is -2.45. The Bertz CT molecular complexity index is 1340. The maximum absolute atomic E-state index is 13.7. The first-order valence-corrected chi connectivity index (χ1v) is 18.1. The van der Waals surface area contributed by atoms with Crippen LogP contribution in [-0.4, -0.2) is 122 Å². The second-order valence-corrected chi connectivity index (χ2v) is 13.9. The topological polar surface area (TPSA) is 222 Å². The van der Waals surface area contributed by atoms with Gasteiger partial charge in [-0.25, -0.2) is 9.59 Å². The predicted octanol–water partition coefficient (Wildman–Crippen LogP) is 2.91. The lowest BCUT2D eigenvalue weighted by Crippen LogP contribution is -2.63. The molecule has 0 bridgehead atoms. The van der Waals surface area contributed by atoms with Crippen molar-refractivity contribution in [2.24, 2.45) is 11.8 Å². The Kier molecular flexibility index (Phi) is 15.9. The number of aliphatic hydroxyl groups excluding tert-OH is 6. The fourth-order valence-corrected chi connectivity index (χ4v) is 7.19. The van der Waals surface area contributed by atoms with Gasteiger partial charge in [0, 0.05) is 13.0 Å². The summed E-state index contributed by atoms with van der Waals surface area (Å²) in [5.74, 6) is -4.43. The zero-order valence-corrected chi connectivity index (χ0v) is 29.4. The maximum atomic E-state index is 13.7. The van der Waals surface area contributed by atoms with Gasteiger partial charge in [-0.05, 0) is 43.2 Å². The first-order valence-electron chi connectivity index (χ1n) is 18.1. The quantitative estimate of drug-likeness (QED) is 0.0731. The Morgan fingerprint density at radius 3 is 2.21 bits per heavy atom. The first-order chi connectivity index (χ1) is 25.2. The smallest absolute Gasteiger partial charge is 0.417 e. The summed E-state index contributed by atoms with van der Waals surface area (Å²) in [6, 6.07) is 7.49. The lowest BCUT2D eigenvalue weighted by atomic mass is 9.82. The van der Waals surface area contributed by atoms with E-state index >= 15 is 0 Å². The van der Waals surface area contributed by atoms with E-state index < -0.39 is 110 Å². The number of carbonyl (C=O) groups is 2. The zero-order valence-electron chi connectivity index (χ0n) is 29.4. The van der Waals surface area contributed by atoms with Crippen LogP contribution in [0.1, 0.15) is 87.9 Å². The minimum absolute atomic E-state index is 0.00138. The van der Waals surface area contributed by atoms with Crippen LogP contribution in [-0.2, 0) is 28.5 Å². The predicted molar refractivity (Wildman–Crippen MR) is 176 cm³/mol. The van der Waals surface area contributed by atoms with Gasteiger partial charge in [0.05, 0.1) is 17.8 Å². The molecule has 3 aliphatic rings. The molecule has 300 valence electrons. The molecule has 0 radical (unpaired) electrons. The highest BCUT2D eigenvalue weighted by Gasteiger charge is 2.56. The van der Waals surface area contributed by atoms with Crippen molar-refractivity contribution in [1.82, 2.24) is 0 Å². The zero-order chi connectivity index (χ0) is 38.9. The number of carboxylic acid groups (broad SMARTS) is 1. The van der Waals surface area contributed by atoms with E-state index in [4.69, 9.17) is 23.7 Å². The Morgan fingerprint density at radius 2 is 1.60 bits per heavy atom. The molecule has 0 aromatic heterocycles. The number of halogens is 3. The molecule has 2 saturated carbocycles. The molecule has 1 heterocycles. The van der Waals surface area contributed by atoms with E-state index in [1.807, 2.05) is 0 Å². The van der Waals surface area contributed by atoms with Crippen LogP contribution in [0, 0.1) is 11.8 Å². The van der Waals surface area contributed by atoms with E-state index in [0.717, 1.165) is 32.1 Å². The third-order valence-corrected chi connectivity index (χ3v) is 10.1. The molecule has 14 nitrogen and oxygen atoms in total. The number of ether oxygens (including phenoxy) is 5. The average Bonchev–Trinajstić information content (AvgIpc) is 3.13. The van der Waals surface area contributed by atoms with Gasteiger partial charge >= 0.3 is 18.1 Å². The highest BCUT2D eigenvalue weighted by atomic mass is 19.4. The van der Waals surface area contributed by atoms with Crippen LogP contribution in [0.5, 0.6) is 0 Å². The highest BCUT2D eigenvalue weighted by molar-refractivity contribution is 5.90. The summed E-state index contributed by atoms with van der Waals surface area (Å²) in [5.41, 5.74) is -0.00138. The molecule has 53 heavy (non-hydrogen) atoms. The van der Waals surface area contributed by atoms with Crippen molar-refractivity contribution < 1.29 is 82.2 Å². The van der Waals surface area contributed by atoms with Crippen molar-refractivity contribution in [1.29, 1.82) is 0 Å². The second-order valence-electron chi connectivity index (χ2n) is 13.9. The second kappa shape index (κ2) is 19.6. The van der Waals surface area contributed by atoms with Gasteiger partial charge < -0.3 is 59.4 Å². The lowest BCUT2D eigenvalue weighted by molar-refractivity contribution is -0.368. The normalized spacial score (nSPS) is 30.8. The van der Waals surface area contributed by atoms with E-state index in [0.29, 0.717) is 19.3 Å². The van der Waals surface area contributed by atoms with E-state index in [1.54, 1.807) is 13.0 Å². The highest BCUT2D eigenvalue weighted by Crippen LogP contribution is 2.39. The summed E-state index contributed by atoms with van der Waals surface area (Å²) < 4.78 is 69.3. The molecule has 4 rings (SSSR count). The van der Waals surface area contributed by atoms with Crippen LogP contribution < -0.4 is 0 Å². The summed E-state index contributed by atoms with van der Waals surface area (Å²) >= 11 is 0. The van der Waals surface area contributed by atoms with E-state index in [2.05, 4.69) is 0 Å². The minimum atomic E-state index is -5.14. The number of rotatable bonds is 16. The summed E-state index contributed by atoms with van der Waals surface area (Å²) in [6.45, 7) is 1.14. The Balaban J connectivity index is 1.70. The molecular weight excluding hydrogens is 713 g/mol. The van der Waals surface area contributed by atoms with Crippen LogP contribution in [0.15, 0.2) is 41.9 Å². The summed E-state index contributed by atoms with van der Waals surface area (Å²) in [4.78, 5) is 25.8. The Hall–Kier alpha value is -2.87. The van der Waals surface area contributed by atoms with Gasteiger partial charge in [0.1, 0.15) is 24.4 Å². The molecule has 11 atom stereocenters. The molecule has 1 aromatic rings. The minimum Gasteiger partial charge on any atom is -0.479 e. The van der Waals surface area contributed by atoms with Crippen molar-refractivity contribution >= 4 is 11.9 Å². The third kappa shape index (κ3) is 11.3. The summed E-state index contributed by atoms with van der Waals surface area (Å²) in [7, 11) is 0. The molecule has 0 spiro atoms. The fourth-order valence-electron chi connectivity index (χ4n) is 7.19. The van der Waals surface area contributed by atoms with E-state index in [9.17, 15) is 58.5 Å². The molecule has 3 fully saturated rings. The van der Waals surface area contributed by atoms with Gasteiger partial charge in [0.25, 0.3) is 0 Å². The SMILES string of the molecule is CCC1CCC[C@@H](O[C@H](O)/C(OC(=O)c2ccccc2)=C(\O[C@@H](CC2CCCCC2)C(=O)O)[C@H](O)CCO)C1O[C@@H]1OC(C(F)(F)F)[C@@H](O)C(O)C1O. The number of hydrogen-bond acceptors (Lipinski definition) is 13. The first kappa shape index (κ1) is 42.9. The fraction of sp³-hybridized carbons (Fsp3) is 0.722. The van der Waals surface area contributed by atoms with Gasteiger partial charge in [0.15, 0.2) is 24.3 Å². The Labute approximate surface area is 305 Å². The number of esters is 1. The number of carbonyl (C=O) groups excluding carboxylic acids is 1. The number of carboxylic acids is 1. The molecule has 1 aromatic carbocycles. The molecule has 1 saturated heterocycles. The largest absolute Gasteiger partial charge is 0.479 e. The van der Waals surface area contributed by atoms with Crippen molar-refractivity contribution in [3.05, 3.63) is 47.4 Å². The summed E-state index contributed by atoms with van der Waals surface area (Å²) in [6.07, 6.45) is -19.8. The standard InChI is InChI=1S/C36H51F3O14/c1-2-20-14-9-15-23(28(20)52-35-27(44)25(42)26(43)31(53-35)36(37,38)39)50-34(48)30(51-33(47)21-12-7-4-8-13-21)29(22(41)16-17-40)49-24(32(45)46)18-19-10-5-3-6-11-19/h4,7-8,12-13,19-20,22-28,31,34-35,40-44,48H,2-3,5-6,9-11,14-18H2,1H3,(H,45,46)/b30-29+/t20?,22-,23-,24+,25?,26+,27?,28?,31?,34+,35-/m1/s1. The Morgan fingerprint density at radius 1 is 0.925 bits per heavy atom. The van der Waals surface area contributed by atoms with Crippen molar-refractivity contribution in [2.45, 2.75) is 145 Å². The van der Waals surface area contributed by atoms with Crippen molar-refractivity contribution in [2.75, 3.05) is 6.61 Å². The average molecular weight is 765 g/mol. The van der Waals surface area contributed by atoms with Gasteiger partial charge in [-0.1, -0.05) is 70.1 Å². The van der Waals surface area contributed by atoms with Crippen LogP contribution in [0.3, 0.4) is 0 Å². The third-order valence-electron chi connectivity index (χ3n) is 10.1. The number of hydrogen-bond donors (Lipinski definition) is 7. The number of benzene rings is 1. The molecule has 7 N–H and O–H groups in total. The molecule has 1 aliphatic heterocycles. The van der Waals surface area contributed by atoms with E-state index in [-0.39, 0.29) is 24.3 Å². The molecular formula is C36H51F3O14. The van der Waals surface area contributed by atoms with Gasteiger partial charge in [-0.15, -0.1) is 0 Å². The monoisotopic (exact) mass is 764 g/mol. The van der Waals surface area contributed by atoms with Crippen LogP contribution in [0.4, 0.5) is 13.2 Å². The molecule has 2 aliphatic carbocycles. The van der Waals surface area contributed by atoms with Crippen molar-refractivity contribution in [3.63, 3.8) is 0 Å². The van der Waals surface area contributed by atoms with Gasteiger partial charge in [0.2, 0.25) is 12.0 Å². The molecule has 17 heteroatoms. The number of aliphatic hydroxyl groups is 6. The van der Waals surface area contributed by atoms with Gasteiger partial charge in [-0.3, -0.25) is 0 Å². The van der Waals surface area contributed by atoms with Crippen LogP contribution >= 0.6 is 0 Å². The number of alkyl halides is 3. The summed E-state index contributed by atoms with van der Waals surface area (Å²) in [5, 5.41) is 73.5. The van der Waals surface area contributed by atoms with Crippen LogP contribution in [0.2, 0.25) is 0 Å². The van der Waals surface area contributed by atoms with E-state index in [1.165, 1.54) is 24.3 Å². The molecule has 5 unspecified atom stereocenters. The number of aliphatic carboxylic acids is 1. The van der Waals surface area contributed by atoms with Crippen molar-refractivity contribution in [3.8, 4) is 0 Å². The maximum Gasteiger partial charge on any atom is 0.417 e. The van der Waals surface area contributed by atoms with Crippen LogP contribution in [0.25, 0.3) is 0 Å².